The average molecular weight is 387 g/mol. The van der Waals surface area contributed by atoms with Gasteiger partial charge in [0.15, 0.2) is 0 Å². The molecule has 0 aliphatic heterocycles. The molecule has 0 aliphatic carbocycles. The molecule has 6 heteroatoms. The van der Waals surface area contributed by atoms with E-state index in [0.717, 1.165) is 16.8 Å². The summed E-state index contributed by atoms with van der Waals surface area (Å²) in [5.74, 6) is -1.18. The number of amides is 1. The Morgan fingerprint density at radius 1 is 1.03 bits per heavy atom. The second kappa shape index (κ2) is 8.03. The molecule has 0 saturated heterocycles. The summed E-state index contributed by atoms with van der Waals surface area (Å²) in [4.78, 5) is 23.0. The van der Waals surface area contributed by atoms with Gasteiger partial charge in [-0.1, -0.05) is 43.3 Å². The minimum absolute atomic E-state index is 0.116. The zero-order chi connectivity index (χ0) is 21.1. The SMILES string of the molecule is CCc1c(C#N)c(-c2ccc(-c3ccc(NC(C)=O)cc3)cc2)c(C(=O)O)n1C. The van der Waals surface area contributed by atoms with E-state index in [2.05, 4.69) is 11.4 Å². The third-order valence-electron chi connectivity index (χ3n) is 4.88. The molecule has 0 spiro atoms. The number of carbonyl (C=O) groups is 2. The molecule has 2 N–H and O–H groups in total. The van der Waals surface area contributed by atoms with Gasteiger partial charge in [0.05, 0.1) is 5.56 Å². The predicted octanol–water partition coefficient (Wildman–Crippen LogP) is 4.45. The highest BCUT2D eigenvalue weighted by atomic mass is 16.4. The van der Waals surface area contributed by atoms with Crippen molar-refractivity contribution in [2.45, 2.75) is 20.3 Å². The normalized spacial score (nSPS) is 10.4. The summed E-state index contributed by atoms with van der Waals surface area (Å²) in [6.07, 6.45) is 0.568. The third-order valence-corrected chi connectivity index (χ3v) is 4.88. The van der Waals surface area contributed by atoms with E-state index in [4.69, 9.17) is 0 Å². The van der Waals surface area contributed by atoms with Crippen LogP contribution in [-0.2, 0) is 18.3 Å². The molecule has 0 atom stereocenters. The molecule has 2 aromatic carbocycles. The minimum atomic E-state index is -1.06. The fraction of sp³-hybridized carbons (Fsp3) is 0.174. The van der Waals surface area contributed by atoms with Gasteiger partial charge in [-0.05, 0) is 35.2 Å². The first-order chi connectivity index (χ1) is 13.9. The summed E-state index contributed by atoms with van der Waals surface area (Å²) in [6.45, 7) is 3.36. The van der Waals surface area contributed by atoms with Crippen LogP contribution in [0.15, 0.2) is 48.5 Å². The van der Waals surface area contributed by atoms with E-state index in [-0.39, 0.29) is 11.6 Å². The van der Waals surface area contributed by atoms with E-state index < -0.39 is 5.97 Å². The lowest BCUT2D eigenvalue weighted by molar-refractivity contribution is -0.114. The Morgan fingerprint density at radius 3 is 2.00 bits per heavy atom. The molecule has 3 rings (SSSR count). The molecule has 1 heterocycles. The molecule has 1 amide bonds. The van der Waals surface area contributed by atoms with E-state index in [9.17, 15) is 20.0 Å². The minimum Gasteiger partial charge on any atom is -0.477 e. The van der Waals surface area contributed by atoms with Crippen molar-refractivity contribution in [3.8, 4) is 28.3 Å². The van der Waals surface area contributed by atoms with Crippen LogP contribution in [0.25, 0.3) is 22.3 Å². The molecule has 146 valence electrons. The number of hydrogen-bond acceptors (Lipinski definition) is 3. The first-order valence-corrected chi connectivity index (χ1v) is 9.20. The van der Waals surface area contributed by atoms with E-state index in [1.165, 1.54) is 6.92 Å². The molecule has 0 radical (unpaired) electrons. The molecule has 0 bridgehead atoms. The fourth-order valence-corrected chi connectivity index (χ4v) is 3.58. The molecule has 0 saturated carbocycles. The number of aromatic nitrogens is 1. The van der Waals surface area contributed by atoms with E-state index in [1.807, 2.05) is 55.5 Å². The maximum Gasteiger partial charge on any atom is 0.353 e. The topological polar surface area (TPSA) is 95.1 Å². The summed E-state index contributed by atoms with van der Waals surface area (Å²) in [5.41, 5.74) is 5.00. The van der Waals surface area contributed by atoms with Gasteiger partial charge in [-0.2, -0.15) is 5.26 Å². The van der Waals surface area contributed by atoms with Gasteiger partial charge < -0.3 is 15.0 Å². The Labute approximate surface area is 169 Å². The molecular formula is C23H21N3O3. The third kappa shape index (κ3) is 3.76. The summed E-state index contributed by atoms with van der Waals surface area (Å²) >= 11 is 0. The van der Waals surface area contributed by atoms with Gasteiger partial charge in [0.25, 0.3) is 0 Å². The van der Waals surface area contributed by atoms with Crippen molar-refractivity contribution in [3.05, 3.63) is 65.5 Å². The Kier molecular flexibility index (Phi) is 5.51. The number of carbonyl (C=O) groups excluding carboxylic acids is 1. The molecular weight excluding hydrogens is 366 g/mol. The van der Waals surface area contributed by atoms with Crippen molar-refractivity contribution in [3.63, 3.8) is 0 Å². The molecule has 0 aliphatic rings. The van der Waals surface area contributed by atoms with Gasteiger partial charge in [-0.3, -0.25) is 4.79 Å². The number of nitrogens with one attached hydrogen (secondary N) is 1. The van der Waals surface area contributed by atoms with E-state index in [1.54, 1.807) is 11.6 Å². The lowest BCUT2D eigenvalue weighted by atomic mass is 9.97. The van der Waals surface area contributed by atoms with Crippen molar-refractivity contribution >= 4 is 17.6 Å². The Balaban J connectivity index is 2.02. The van der Waals surface area contributed by atoms with Crippen LogP contribution >= 0.6 is 0 Å². The maximum atomic E-state index is 11.8. The highest BCUT2D eigenvalue weighted by Gasteiger charge is 2.25. The summed E-state index contributed by atoms with van der Waals surface area (Å²) in [6, 6.07) is 17.1. The van der Waals surface area contributed by atoms with Crippen LogP contribution in [0.3, 0.4) is 0 Å². The van der Waals surface area contributed by atoms with Crippen molar-refractivity contribution in [1.29, 1.82) is 5.26 Å². The largest absolute Gasteiger partial charge is 0.477 e. The van der Waals surface area contributed by atoms with Crippen LogP contribution in [-0.4, -0.2) is 21.6 Å². The standard InChI is InChI=1S/C23H21N3O3/c1-4-20-19(13-24)21(22(23(28)29)26(20)3)17-7-5-15(6-8-17)16-9-11-18(12-10-16)25-14(2)27/h5-12H,4H2,1-3H3,(H,25,27)(H,28,29). The summed E-state index contributed by atoms with van der Waals surface area (Å²) in [7, 11) is 1.68. The molecule has 3 aromatic rings. The Hall–Kier alpha value is -3.85. The van der Waals surface area contributed by atoms with Gasteiger partial charge in [0.1, 0.15) is 11.8 Å². The maximum absolute atomic E-state index is 11.8. The molecule has 0 unspecified atom stereocenters. The number of aromatic carboxylic acids is 1. The van der Waals surface area contributed by atoms with Crippen LogP contribution < -0.4 is 5.32 Å². The number of nitriles is 1. The first kappa shape index (κ1) is 19.9. The van der Waals surface area contributed by atoms with Gasteiger partial charge in [-0.15, -0.1) is 0 Å². The number of nitrogens with zero attached hydrogens (tertiary/aromatic N) is 2. The highest BCUT2D eigenvalue weighted by molar-refractivity contribution is 5.97. The Morgan fingerprint density at radius 2 is 1.55 bits per heavy atom. The van der Waals surface area contributed by atoms with Crippen LogP contribution in [0.4, 0.5) is 5.69 Å². The van der Waals surface area contributed by atoms with Crippen LogP contribution in [0.2, 0.25) is 0 Å². The first-order valence-electron chi connectivity index (χ1n) is 9.20. The number of hydrogen-bond donors (Lipinski definition) is 2. The van der Waals surface area contributed by atoms with Gasteiger partial charge in [0, 0.05) is 30.9 Å². The van der Waals surface area contributed by atoms with Crippen molar-refractivity contribution < 1.29 is 14.7 Å². The summed E-state index contributed by atoms with van der Waals surface area (Å²) in [5, 5.41) is 22.1. The number of carboxylic acids is 1. The lowest BCUT2D eigenvalue weighted by Crippen LogP contribution is -2.07. The number of anilines is 1. The van der Waals surface area contributed by atoms with Crippen LogP contribution in [0.5, 0.6) is 0 Å². The van der Waals surface area contributed by atoms with E-state index in [0.29, 0.717) is 28.8 Å². The molecule has 6 nitrogen and oxygen atoms in total. The zero-order valence-electron chi connectivity index (χ0n) is 16.5. The van der Waals surface area contributed by atoms with E-state index >= 15 is 0 Å². The Bertz CT molecular complexity index is 1120. The quantitative estimate of drug-likeness (QED) is 0.676. The fourth-order valence-electron chi connectivity index (χ4n) is 3.58. The van der Waals surface area contributed by atoms with Crippen molar-refractivity contribution in [1.82, 2.24) is 4.57 Å². The van der Waals surface area contributed by atoms with Crippen LogP contribution in [0, 0.1) is 11.3 Å². The van der Waals surface area contributed by atoms with Gasteiger partial charge >= 0.3 is 5.97 Å². The molecule has 1 aromatic heterocycles. The van der Waals surface area contributed by atoms with Crippen LogP contribution in [0.1, 0.15) is 35.6 Å². The summed E-state index contributed by atoms with van der Waals surface area (Å²) < 4.78 is 1.59. The number of carboxylic acid groups (broad SMARTS) is 1. The highest BCUT2D eigenvalue weighted by Crippen LogP contribution is 2.34. The second-order valence-corrected chi connectivity index (χ2v) is 6.71. The molecule has 0 fully saturated rings. The zero-order valence-corrected chi connectivity index (χ0v) is 16.5. The smallest absolute Gasteiger partial charge is 0.353 e. The monoisotopic (exact) mass is 387 g/mol. The molecule has 29 heavy (non-hydrogen) atoms. The van der Waals surface area contributed by atoms with Gasteiger partial charge in [-0.25, -0.2) is 4.79 Å². The number of benzene rings is 2. The van der Waals surface area contributed by atoms with Crippen molar-refractivity contribution in [2.24, 2.45) is 7.05 Å². The average Bonchev–Trinajstić information content (AvgIpc) is 2.99. The lowest BCUT2D eigenvalue weighted by Gasteiger charge is -2.07. The second-order valence-electron chi connectivity index (χ2n) is 6.71. The predicted molar refractivity (Wildman–Crippen MR) is 112 cm³/mol. The number of rotatable bonds is 5. The van der Waals surface area contributed by atoms with Gasteiger partial charge in [0.2, 0.25) is 5.91 Å². The van der Waals surface area contributed by atoms with Crippen molar-refractivity contribution in [2.75, 3.05) is 5.32 Å².